The number of methoxy groups -OCH3 is 1. The van der Waals surface area contributed by atoms with Crippen LogP contribution >= 0.6 is 0 Å². The lowest BCUT2D eigenvalue weighted by Gasteiger charge is -2.18. The Balaban J connectivity index is 1.77. The fourth-order valence-corrected chi connectivity index (χ4v) is 2.17. The van der Waals surface area contributed by atoms with Crippen LogP contribution in [0.25, 0.3) is 0 Å². The molecule has 0 radical (unpaired) electrons. The topological polar surface area (TPSA) is 83.1 Å². The van der Waals surface area contributed by atoms with Gasteiger partial charge in [-0.3, -0.25) is 9.59 Å². The summed E-state index contributed by atoms with van der Waals surface area (Å²) in [6, 6.07) is 5.14. The van der Waals surface area contributed by atoms with Crippen LogP contribution in [0.15, 0.2) is 18.2 Å². The number of rotatable bonds is 7. The van der Waals surface area contributed by atoms with Crippen molar-refractivity contribution in [2.45, 2.75) is 19.4 Å². The lowest BCUT2D eigenvalue weighted by Crippen LogP contribution is -2.38. The molecule has 0 aromatic heterocycles. The summed E-state index contributed by atoms with van der Waals surface area (Å²) >= 11 is 0. The zero-order valence-electron chi connectivity index (χ0n) is 13.3. The van der Waals surface area contributed by atoms with E-state index in [-0.39, 0.29) is 25.0 Å². The third kappa shape index (κ3) is 5.45. The largest absolute Gasteiger partial charge is 0.486 e. The van der Waals surface area contributed by atoms with Gasteiger partial charge in [-0.15, -0.1) is 0 Å². The fourth-order valence-electron chi connectivity index (χ4n) is 2.17. The molecule has 7 nitrogen and oxygen atoms in total. The van der Waals surface area contributed by atoms with Gasteiger partial charge in [0.1, 0.15) is 13.2 Å². The fraction of sp³-hybridized carbons (Fsp3) is 0.500. The van der Waals surface area contributed by atoms with Crippen molar-refractivity contribution in [3.63, 3.8) is 0 Å². The van der Waals surface area contributed by atoms with Gasteiger partial charge in [-0.1, -0.05) is 6.07 Å². The number of carbonyl (C=O) groups excluding carboxylic acids is 2. The van der Waals surface area contributed by atoms with Gasteiger partial charge in [-0.25, -0.2) is 0 Å². The van der Waals surface area contributed by atoms with Gasteiger partial charge >= 0.3 is 5.97 Å². The highest BCUT2D eigenvalue weighted by atomic mass is 16.6. The van der Waals surface area contributed by atoms with E-state index >= 15 is 0 Å². The van der Waals surface area contributed by atoms with E-state index in [2.05, 4.69) is 5.32 Å². The summed E-state index contributed by atoms with van der Waals surface area (Å²) < 4.78 is 20.7. The maximum atomic E-state index is 11.8. The quantitative estimate of drug-likeness (QED) is 0.744. The van der Waals surface area contributed by atoms with Gasteiger partial charge in [0.05, 0.1) is 13.0 Å². The predicted octanol–water partition coefficient (Wildman–Crippen LogP) is 0.695. The first-order valence-corrected chi connectivity index (χ1v) is 7.41. The molecule has 7 heteroatoms. The summed E-state index contributed by atoms with van der Waals surface area (Å²) in [6.07, 6.45) is 0.0670. The molecular weight excluding hydrogens is 302 g/mol. The Kier molecular flexibility index (Phi) is 6.22. The smallest absolute Gasteiger partial charge is 0.310 e. The van der Waals surface area contributed by atoms with Gasteiger partial charge < -0.3 is 24.3 Å². The minimum absolute atomic E-state index is 0.0670. The van der Waals surface area contributed by atoms with Crippen LogP contribution in [0.4, 0.5) is 0 Å². The Labute approximate surface area is 134 Å². The number of nitrogens with one attached hydrogen (secondary N) is 1. The first kappa shape index (κ1) is 17.1. The van der Waals surface area contributed by atoms with Crippen LogP contribution in [0.2, 0.25) is 0 Å². The molecule has 1 aromatic carbocycles. The normalized spacial score (nSPS) is 14.0. The predicted molar refractivity (Wildman–Crippen MR) is 81.6 cm³/mol. The molecule has 1 aliphatic heterocycles. The second kappa shape index (κ2) is 8.38. The number of hydrogen-bond donors (Lipinski definition) is 1. The summed E-state index contributed by atoms with van der Waals surface area (Å²) in [5.41, 5.74) is 0.743. The third-order valence-electron chi connectivity index (χ3n) is 3.14. The van der Waals surface area contributed by atoms with Crippen LogP contribution < -0.4 is 14.8 Å². The molecule has 23 heavy (non-hydrogen) atoms. The molecule has 0 saturated heterocycles. The highest BCUT2D eigenvalue weighted by molar-refractivity contribution is 5.81. The van der Waals surface area contributed by atoms with Gasteiger partial charge in [0.25, 0.3) is 5.91 Å². The summed E-state index contributed by atoms with van der Waals surface area (Å²) in [5, 5.41) is 2.66. The van der Waals surface area contributed by atoms with E-state index < -0.39 is 5.97 Å². The highest BCUT2D eigenvalue weighted by Gasteiger charge is 2.15. The molecule has 0 spiro atoms. The summed E-state index contributed by atoms with van der Waals surface area (Å²) in [5.74, 6) is 0.453. The third-order valence-corrected chi connectivity index (χ3v) is 3.14. The van der Waals surface area contributed by atoms with Crippen molar-refractivity contribution >= 4 is 11.9 Å². The molecule has 1 aromatic rings. The lowest BCUT2D eigenvalue weighted by molar-refractivity contribution is -0.148. The van der Waals surface area contributed by atoms with E-state index in [1.165, 1.54) is 0 Å². The second-order valence-electron chi connectivity index (χ2n) is 5.24. The number of ether oxygens (including phenoxy) is 4. The van der Waals surface area contributed by atoms with Gasteiger partial charge in [0, 0.05) is 13.2 Å². The molecule has 126 valence electrons. The Morgan fingerprint density at radius 2 is 2.00 bits per heavy atom. The monoisotopic (exact) mass is 323 g/mol. The van der Waals surface area contributed by atoms with E-state index in [0.717, 1.165) is 5.56 Å². The molecule has 1 aliphatic rings. The molecule has 1 atom stereocenters. The molecule has 2 rings (SSSR count). The SMILES string of the molecule is COCC(C)NC(=O)COC(=O)Cc1ccc2c(c1)OCCO2. The van der Waals surface area contributed by atoms with E-state index in [4.69, 9.17) is 18.9 Å². The number of carbonyl (C=O) groups is 2. The molecular formula is C16H21NO6. The number of amides is 1. The van der Waals surface area contributed by atoms with Crippen molar-refractivity contribution in [2.75, 3.05) is 33.5 Å². The van der Waals surface area contributed by atoms with Crippen LogP contribution in [0.3, 0.4) is 0 Å². The van der Waals surface area contributed by atoms with Crippen molar-refractivity contribution < 1.29 is 28.5 Å². The van der Waals surface area contributed by atoms with E-state index in [0.29, 0.717) is 31.3 Å². The van der Waals surface area contributed by atoms with E-state index in [1.807, 2.05) is 0 Å². The number of esters is 1. The van der Waals surface area contributed by atoms with Gasteiger partial charge in [-0.05, 0) is 24.6 Å². The first-order valence-electron chi connectivity index (χ1n) is 7.41. The van der Waals surface area contributed by atoms with Crippen LogP contribution in [0.1, 0.15) is 12.5 Å². The van der Waals surface area contributed by atoms with Crippen molar-refractivity contribution in [3.8, 4) is 11.5 Å². The average Bonchev–Trinajstić information content (AvgIpc) is 2.53. The number of hydrogen-bond acceptors (Lipinski definition) is 6. The molecule has 1 heterocycles. The van der Waals surface area contributed by atoms with Crippen LogP contribution in [0.5, 0.6) is 11.5 Å². The standard InChI is InChI=1S/C16H21NO6/c1-11(9-20-2)17-15(18)10-23-16(19)8-12-3-4-13-14(7-12)22-6-5-21-13/h3-4,7,11H,5-6,8-10H2,1-2H3,(H,17,18). The molecule has 1 unspecified atom stereocenters. The summed E-state index contributed by atoms with van der Waals surface area (Å²) in [6.45, 7) is 2.90. The molecule has 0 saturated carbocycles. The van der Waals surface area contributed by atoms with Crippen LogP contribution in [-0.4, -0.2) is 51.5 Å². The molecule has 0 bridgehead atoms. The van der Waals surface area contributed by atoms with Gasteiger partial charge in [0.15, 0.2) is 18.1 Å². The van der Waals surface area contributed by atoms with Crippen LogP contribution in [0, 0.1) is 0 Å². The average molecular weight is 323 g/mol. The van der Waals surface area contributed by atoms with E-state index in [1.54, 1.807) is 32.2 Å². The van der Waals surface area contributed by atoms with Crippen molar-refractivity contribution in [1.29, 1.82) is 0 Å². The van der Waals surface area contributed by atoms with Gasteiger partial charge in [-0.2, -0.15) is 0 Å². The molecule has 1 N–H and O–H groups in total. The molecule has 0 aliphatic carbocycles. The zero-order valence-corrected chi connectivity index (χ0v) is 13.3. The Bertz CT molecular complexity index is 560. The minimum Gasteiger partial charge on any atom is -0.486 e. The first-order chi connectivity index (χ1) is 11.1. The van der Waals surface area contributed by atoms with Crippen molar-refractivity contribution in [3.05, 3.63) is 23.8 Å². The highest BCUT2D eigenvalue weighted by Crippen LogP contribution is 2.30. The zero-order chi connectivity index (χ0) is 16.7. The van der Waals surface area contributed by atoms with Crippen molar-refractivity contribution in [1.82, 2.24) is 5.32 Å². The van der Waals surface area contributed by atoms with E-state index in [9.17, 15) is 9.59 Å². The Morgan fingerprint density at radius 3 is 2.74 bits per heavy atom. The summed E-state index contributed by atoms with van der Waals surface area (Å²) in [4.78, 5) is 23.4. The van der Waals surface area contributed by atoms with Crippen molar-refractivity contribution in [2.24, 2.45) is 0 Å². The maximum absolute atomic E-state index is 11.8. The second-order valence-corrected chi connectivity index (χ2v) is 5.24. The molecule has 0 fully saturated rings. The summed E-state index contributed by atoms with van der Waals surface area (Å²) in [7, 11) is 1.55. The number of fused-ring (bicyclic) bond motifs is 1. The van der Waals surface area contributed by atoms with Crippen LogP contribution in [-0.2, 0) is 25.5 Å². The minimum atomic E-state index is -0.476. The molecule has 1 amide bonds. The van der Waals surface area contributed by atoms with Gasteiger partial charge in [0.2, 0.25) is 0 Å². The Morgan fingerprint density at radius 1 is 1.26 bits per heavy atom. The Hall–Kier alpha value is -2.28. The maximum Gasteiger partial charge on any atom is 0.310 e. The number of benzene rings is 1. The lowest BCUT2D eigenvalue weighted by atomic mass is 10.1.